The molecule has 2 unspecified atom stereocenters. The predicted molar refractivity (Wildman–Crippen MR) is 235 cm³/mol. The summed E-state index contributed by atoms with van der Waals surface area (Å²) >= 11 is 1.98. The van der Waals surface area contributed by atoms with Gasteiger partial charge in [0.1, 0.15) is 0 Å². The number of rotatable bonds is 5. The van der Waals surface area contributed by atoms with Crippen LogP contribution in [-0.4, -0.2) is 5.25 Å². The summed E-state index contributed by atoms with van der Waals surface area (Å²) in [4.78, 5) is 3.85. The third-order valence-electron chi connectivity index (χ3n) is 12.2. The Morgan fingerprint density at radius 1 is 0.527 bits per heavy atom. The van der Waals surface area contributed by atoms with Gasteiger partial charge in [-0.3, -0.25) is 0 Å². The molecule has 0 N–H and O–H groups in total. The molecule has 2 atom stereocenters. The molecule has 55 heavy (non-hydrogen) atoms. The van der Waals surface area contributed by atoms with Crippen LogP contribution in [0, 0.1) is 0 Å². The van der Waals surface area contributed by atoms with Gasteiger partial charge in [-0.05, 0) is 109 Å². The average Bonchev–Trinajstić information content (AvgIpc) is 3.73. The molecule has 1 aliphatic heterocycles. The van der Waals surface area contributed by atoms with Crippen LogP contribution >= 0.6 is 11.8 Å². The highest BCUT2D eigenvalue weighted by Crippen LogP contribution is 2.56. The molecule has 0 aromatic heterocycles. The van der Waals surface area contributed by atoms with Gasteiger partial charge in [-0.2, -0.15) is 0 Å². The van der Waals surface area contributed by atoms with E-state index in [1.165, 1.54) is 87.9 Å². The SMILES string of the molecule is CC1(C)c2ccccc2-c2c(-c3ccc(N(c4ccc(-c5ccccc5)cc4)c4ccc5c(c4)C4C=CC=CC4S5)c4ccccc34)cc3ccccc3c21. The number of fused-ring (bicyclic) bond motifs is 9. The first-order valence-electron chi connectivity index (χ1n) is 19.3. The van der Waals surface area contributed by atoms with Crippen molar-refractivity contribution in [2.75, 3.05) is 4.90 Å². The van der Waals surface area contributed by atoms with Crippen LogP contribution < -0.4 is 4.90 Å². The molecule has 1 heterocycles. The van der Waals surface area contributed by atoms with Crippen LogP contribution in [0.25, 0.3) is 54.9 Å². The van der Waals surface area contributed by atoms with Crippen molar-refractivity contribution < 1.29 is 0 Å². The number of allylic oxidation sites excluding steroid dienone is 3. The highest BCUT2D eigenvalue weighted by Gasteiger charge is 2.39. The standard InChI is InChI=1S/C53H39NS/c1-53(2)47-22-12-10-21-44(47)51-46(32-36-16-6-7-17-39(36)52(51)53)41-29-30-48(42-19-9-8-18-40(41)42)54(37-26-24-35(25-27-37)34-14-4-3-5-15-34)38-28-31-50-45(33-38)43-20-11-13-23-49(43)55-50/h3-33,43,49H,1-2H3. The first kappa shape index (κ1) is 32.3. The van der Waals surface area contributed by atoms with Crippen LogP contribution in [-0.2, 0) is 5.41 Å². The van der Waals surface area contributed by atoms with E-state index in [0.717, 1.165) is 5.69 Å². The topological polar surface area (TPSA) is 3.24 Å². The molecule has 0 spiro atoms. The molecule has 2 heteroatoms. The van der Waals surface area contributed by atoms with Crippen LogP contribution in [0.15, 0.2) is 193 Å². The minimum absolute atomic E-state index is 0.117. The molecule has 0 saturated carbocycles. The van der Waals surface area contributed by atoms with Gasteiger partial charge in [-0.15, -0.1) is 11.8 Å². The van der Waals surface area contributed by atoms with Crippen molar-refractivity contribution in [3.05, 3.63) is 205 Å². The number of hydrogen-bond acceptors (Lipinski definition) is 2. The lowest BCUT2D eigenvalue weighted by Gasteiger charge is -2.29. The molecule has 262 valence electrons. The second-order valence-corrected chi connectivity index (χ2v) is 16.8. The third-order valence-corrected chi connectivity index (χ3v) is 13.5. The predicted octanol–water partition coefficient (Wildman–Crippen LogP) is 14.8. The van der Waals surface area contributed by atoms with Crippen molar-refractivity contribution >= 4 is 50.4 Å². The van der Waals surface area contributed by atoms with Crippen molar-refractivity contribution in [2.45, 2.75) is 35.3 Å². The van der Waals surface area contributed by atoms with E-state index < -0.39 is 0 Å². The quantitative estimate of drug-likeness (QED) is 0.174. The zero-order valence-corrected chi connectivity index (χ0v) is 31.7. The van der Waals surface area contributed by atoms with Crippen LogP contribution in [0.4, 0.5) is 17.1 Å². The van der Waals surface area contributed by atoms with Gasteiger partial charge in [-0.1, -0.05) is 159 Å². The largest absolute Gasteiger partial charge is 0.310 e. The summed E-state index contributed by atoms with van der Waals surface area (Å²) < 4.78 is 0. The Bertz CT molecular complexity index is 2880. The first-order chi connectivity index (χ1) is 27.0. The molecule has 0 saturated heterocycles. The Hall–Kier alpha value is -6.09. The lowest BCUT2D eigenvalue weighted by molar-refractivity contribution is 0.666. The number of benzene rings is 8. The highest BCUT2D eigenvalue weighted by atomic mass is 32.2. The van der Waals surface area contributed by atoms with E-state index in [-0.39, 0.29) is 5.41 Å². The zero-order valence-electron chi connectivity index (χ0n) is 30.9. The number of nitrogens with zero attached hydrogens (tertiary/aromatic N) is 1. The molecule has 11 rings (SSSR count). The second kappa shape index (κ2) is 12.5. The van der Waals surface area contributed by atoms with Gasteiger partial charge < -0.3 is 4.90 Å². The van der Waals surface area contributed by atoms with Crippen molar-refractivity contribution in [2.24, 2.45) is 0 Å². The molecule has 3 aliphatic rings. The lowest BCUT2D eigenvalue weighted by atomic mass is 9.79. The molecule has 0 radical (unpaired) electrons. The fraction of sp³-hybridized carbons (Fsp3) is 0.0943. The molecule has 8 aromatic rings. The van der Waals surface area contributed by atoms with Gasteiger partial charge in [0.15, 0.2) is 0 Å². The molecule has 1 nitrogen and oxygen atoms in total. The van der Waals surface area contributed by atoms with Crippen LogP contribution in [0.1, 0.15) is 36.5 Å². The summed E-state index contributed by atoms with van der Waals surface area (Å²) in [5.41, 5.74) is 15.3. The number of hydrogen-bond donors (Lipinski definition) is 0. The van der Waals surface area contributed by atoms with E-state index in [0.29, 0.717) is 11.2 Å². The van der Waals surface area contributed by atoms with Crippen molar-refractivity contribution in [3.63, 3.8) is 0 Å². The maximum atomic E-state index is 2.48. The van der Waals surface area contributed by atoms with Crippen LogP contribution in [0.2, 0.25) is 0 Å². The minimum Gasteiger partial charge on any atom is -0.310 e. The van der Waals surface area contributed by atoms with E-state index in [9.17, 15) is 0 Å². The highest BCUT2D eigenvalue weighted by molar-refractivity contribution is 8.00. The second-order valence-electron chi connectivity index (χ2n) is 15.6. The molecule has 8 aromatic carbocycles. The number of anilines is 3. The van der Waals surface area contributed by atoms with E-state index in [2.05, 4.69) is 207 Å². The lowest BCUT2D eigenvalue weighted by Crippen LogP contribution is -2.15. The Morgan fingerprint density at radius 2 is 1.22 bits per heavy atom. The fourth-order valence-corrected chi connectivity index (χ4v) is 10.9. The minimum atomic E-state index is -0.117. The third kappa shape index (κ3) is 5.01. The number of thioether (sulfide) groups is 1. The van der Waals surface area contributed by atoms with E-state index in [4.69, 9.17) is 0 Å². The van der Waals surface area contributed by atoms with Crippen LogP contribution in [0.3, 0.4) is 0 Å². The summed E-state index contributed by atoms with van der Waals surface area (Å²) in [5, 5.41) is 5.56. The maximum Gasteiger partial charge on any atom is 0.0540 e. The summed E-state index contributed by atoms with van der Waals surface area (Å²) in [6.45, 7) is 4.79. The van der Waals surface area contributed by atoms with E-state index >= 15 is 0 Å². The molecular weight excluding hydrogens is 683 g/mol. The summed E-state index contributed by atoms with van der Waals surface area (Å²) in [6, 6.07) is 61.1. The molecule has 2 aliphatic carbocycles. The Kier molecular flexibility index (Phi) is 7.34. The molecule has 0 amide bonds. The van der Waals surface area contributed by atoms with Gasteiger partial charge in [0, 0.05) is 38.2 Å². The van der Waals surface area contributed by atoms with E-state index in [1.807, 2.05) is 11.8 Å². The maximum absolute atomic E-state index is 2.48. The van der Waals surface area contributed by atoms with Crippen molar-refractivity contribution in [1.82, 2.24) is 0 Å². The molecular formula is C53H39NS. The fourth-order valence-electron chi connectivity index (χ4n) is 9.61. The van der Waals surface area contributed by atoms with Gasteiger partial charge in [0.05, 0.1) is 5.69 Å². The monoisotopic (exact) mass is 721 g/mol. The van der Waals surface area contributed by atoms with Crippen molar-refractivity contribution in [1.29, 1.82) is 0 Å². The van der Waals surface area contributed by atoms with Gasteiger partial charge in [-0.25, -0.2) is 0 Å². The Balaban J connectivity index is 1.14. The summed E-state index contributed by atoms with van der Waals surface area (Å²) in [6.07, 6.45) is 9.13. The first-order valence-corrected chi connectivity index (χ1v) is 20.2. The van der Waals surface area contributed by atoms with Gasteiger partial charge in [0.2, 0.25) is 0 Å². The van der Waals surface area contributed by atoms with Gasteiger partial charge in [0.25, 0.3) is 0 Å². The average molecular weight is 722 g/mol. The van der Waals surface area contributed by atoms with Gasteiger partial charge >= 0.3 is 0 Å². The smallest absolute Gasteiger partial charge is 0.0540 e. The summed E-state index contributed by atoms with van der Waals surface area (Å²) in [7, 11) is 0. The normalized spacial score (nSPS) is 17.2. The van der Waals surface area contributed by atoms with Crippen molar-refractivity contribution in [3.8, 4) is 33.4 Å². The Morgan fingerprint density at radius 3 is 2.07 bits per heavy atom. The van der Waals surface area contributed by atoms with E-state index in [1.54, 1.807) is 0 Å². The summed E-state index contributed by atoms with van der Waals surface area (Å²) in [5.74, 6) is 0.383. The molecule has 0 bridgehead atoms. The molecule has 0 fully saturated rings. The zero-order chi connectivity index (χ0) is 36.7. The van der Waals surface area contributed by atoms with Crippen LogP contribution in [0.5, 0.6) is 0 Å². The Labute approximate surface area is 327 Å².